The highest BCUT2D eigenvalue weighted by molar-refractivity contribution is 5.02. The van der Waals surface area contributed by atoms with Crippen LogP contribution in [0.25, 0.3) is 0 Å². The van der Waals surface area contributed by atoms with E-state index in [1.165, 1.54) is 186 Å². The van der Waals surface area contributed by atoms with Crippen molar-refractivity contribution in [2.45, 2.75) is 219 Å². The lowest BCUT2D eigenvalue weighted by molar-refractivity contribution is 0.415. The Morgan fingerprint density at radius 3 is 1.28 bits per heavy atom. The van der Waals surface area contributed by atoms with Gasteiger partial charge in [-0.25, -0.2) is 4.98 Å². The Bertz CT molecular complexity index is 606. The van der Waals surface area contributed by atoms with E-state index in [-0.39, 0.29) is 0 Å². The van der Waals surface area contributed by atoms with Crippen LogP contribution in [0.2, 0.25) is 0 Å². The predicted molar refractivity (Wildman–Crippen MR) is 176 cm³/mol. The molecule has 1 aromatic heterocycles. The fraction of sp³-hybridized carbons (Fsp3) is 0.919. The SMILES string of the molecule is CCCCCCCCCCCCCCC(C)n1ccnc1C(CCCC)CCCCCCCCCCCCC. The van der Waals surface area contributed by atoms with Gasteiger partial charge in [-0.15, -0.1) is 0 Å². The second-order valence-electron chi connectivity index (χ2n) is 12.9. The highest BCUT2D eigenvalue weighted by Crippen LogP contribution is 2.30. The first kappa shape index (κ1) is 36.2. The molecular formula is C37H72N2. The molecule has 0 aliphatic carbocycles. The van der Waals surface area contributed by atoms with Crippen LogP contribution in [0, 0.1) is 0 Å². The van der Waals surface area contributed by atoms with Crippen LogP contribution in [-0.2, 0) is 0 Å². The van der Waals surface area contributed by atoms with E-state index in [0.717, 1.165) is 0 Å². The van der Waals surface area contributed by atoms with Gasteiger partial charge in [0.25, 0.3) is 0 Å². The number of aromatic nitrogens is 2. The van der Waals surface area contributed by atoms with Gasteiger partial charge >= 0.3 is 0 Å². The molecule has 0 fully saturated rings. The molecular weight excluding hydrogens is 472 g/mol. The normalized spacial score (nSPS) is 13.2. The molecule has 2 atom stereocenters. The monoisotopic (exact) mass is 545 g/mol. The lowest BCUT2D eigenvalue weighted by atomic mass is 9.93. The van der Waals surface area contributed by atoms with Crippen molar-refractivity contribution in [2.24, 2.45) is 0 Å². The van der Waals surface area contributed by atoms with Crippen molar-refractivity contribution in [3.05, 3.63) is 18.2 Å². The molecule has 0 N–H and O–H groups in total. The van der Waals surface area contributed by atoms with Gasteiger partial charge in [0.15, 0.2) is 0 Å². The van der Waals surface area contributed by atoms with E-state index in [0.29, 0.717) is 12.0 Å². The van der Waals surface area contributed by atoms with Crippen molar-refractivity contribution in [1.82, 2.24) is 9.55 Å². The average molecular weight is 545 g/mol. The van der Waals surface area contributed by atoms with Gasteiger partial charge in [0, 0.05) is 24.4 Å². The van der Waals surface area contributed by atoms with Crippen LogP contribution in [0.15, 0.2) is 12.4 Å². The van der Waals surface area contributed by atoms with E-state index < -0.39 is 0 Å². The summed E-state index contributed by atoms with van der Waals surface area (Å²) in [6.07, 6.45) is 43.8. The Labute approximate surface area is 246 Å². The molecule has 2 nitrogen and oxygen atoms in total. The topological polar surface area (TPSA) is 17.8 Å². The summed E-state index contributed by atoms with van der Waals surface area (Å²) in [5, 5.41) is 0. The third-order valence-electron chi connectivity index (χ3n) is 9.08. The van der Waals surface area contributed by atoms with E-state index in [9.17, 15) is 0 Å². The largest absolute Gasteiger partial charge is 0.332 e. The number of imidazole rings is 1. The van der Waals surface area contributed by atoms with Gasteiger partial charge in [-0.1, -0.05) is 181 Å². The summed E-state index contributed by atoms with van der Waals surface area (Å²) in [5.41, 5.74) is 0. The van der Waals surface area contributed by atoms with Crippen molar-refractivity contribution in [2.75, 3.05) is 0 Å². The zero-order chi connectivity index (χ0) is 28.2. The molecule has 1 rings (SSSR count). The molecule has 2 unspecified atom stereocenters. The lowest BCUT2D eigenvalue weighted by Gasteiger charge is -2.22. The smallest absolute Gasteiger partial charge is 0.111 e. The minimum Gasteiger partial charge on any atom is -0.332 e. The third-order valence-corrected chi connectivity index (χ3v) is 9.08. The standard InChI is InChI=1S/C37H72N2/c1-5-8-11-13-15-17-19-21-22-24-26-28-30-35(4)39-34-33-38-37(39)36(31-10-7-3)32-29-27-25-23-20-18-16-14-12-9-6-2/h33-36H,5-32H2,1-4H3. The van der Waals surface area contributed by atoms with Gasteiger partial charge in [-0.05, 0) is 26.2 Å². The van der Waals surface area contributed by atoms with E-state index in [4.69, 9.17) is 4.98 Å². The third kappa shape index (κ3) is 19.8. The molecule has 0 radical (unpaired) electrons. The van der Waals surface area contributed by atoms with Gasteiger partial charge in [0.1, 0.15) is 5.82 Å². The quantitative estimate of drug-likeness (QED) is 0.0880. The van der Waals surface area contributed by atoms with Crippen molar-refractivity contribution in [3.8, 4) is 0 Å². The maximum Gasteiger partial charge on any atom is 0.111 e. The van der Waals surface area contributed by atoms with E-state index in [1.54, 1.807) is 0 Å². The van der Waals surface area contributed by atoms with Crippen LogP contribution in [0.4, 0.5) is 0 Å². The summed E-state index contributed by atoms with van der Waals surface area (Å²) in [6.45, 7) is 9.38. The maximum absolute atomic E-state index is 4.93. The van der Waals surface area contributed by atoms with Gasteiger partial charge in [-0.2, -0.15) is 0 Å². The minimum absolute atomic E-state index is 0.590. The molecule has 1 aromatic rings. The summed E-state index contributed by atoms with van der Waals surface area (Å²) in [5.74, 6) is 2.05. The number of nitrogens with zero attached hydrogens (tertiary/aromatic N) is 2. The Morgan fingerprint density at radius 1 is 0.487 bits per heavy atom. The molecule has 0 aromatic carbocycles. The first-order chi connectivity index (χ1) is 19.2. The number of rotatable bonds is 30. The summed E-state index contributed by atoms with van der Waals surface area (Å²) < 4.78 is 2.55. The molecule has 0 aliphatic heterocycles. The van der Waals surface area contributed by atoms with Crippen molar-refractivity contribution in [3.63, 3.8) is 0 Å². The zero-order valence-corrected chi connectivity index (χ0v) is 27.5. The summed E-state index contributed by atoms with van der Waals surface area (Å²) in [6, 6.07) is 0.590. The molecule has 0 aliphatic rings. The predicted octanol–water partition coefficient (Wildman–Crippen LogP) is 13.5. The fourth-order valence-corrected chi connectivity index (χ4v) is 6.34. The highest BCUT2D eigenvalue weighted by atomic mass is 15.1. The Morgan fingerprint density at radius 2 is 0.846 bits per heavy atom. The molecule has 230 valence electrons. The first-order valence-electron chi connectivity index (χ1n) is 18.3. The number of hydrogen-bond donors (Lipinski definition) is 0. The second-order valence-corrected chi connectivity index (χ2v) is 12.9. The summed E-state index contributed by atoms with van der Waals surface area (Å²) in [7, 11) is 0. The molecule has 0 saturated heterocycles. The van der Waals surface area contributed by atoms with Crippen molar-refractivity contribution in [1.29, 1.82) is 0 Å². The minimum atomic E-state index is 0.590. The van der Waals surface area contributed by atoms with Gasteiger partial charge in [-0.3, -0.25) is 0 Å². The van der Waals surface area contributed by atoms with Crippen LogP contribution >= 0.6 is 0 Å². The molecule has 1 heterocycles. The average Bonchev–Trinajstić information content (AvgIpc) is 3.44. The van der Waals surface area contributed by atoms with Crippen LogP contribution < -0.4 is 0 Å². The Balaban J connectivity index is 2.23. The van der Waals surface area contributed by atoms with Crippen molar-refractivity contribution >= 4 is 0 Å². The maximum atomic E-state index is 4.93. The molecule has 0 bridgehead atoms. The molecule has 39 heavy (non-hydrogen) atoms. The lowest BCUT2D eigenvalue weighted by Crippen LogP contribution is -2.13. The molecule has 2 heteroatoms. The van der Waals surface area contributed by atoms with E-state index >= 15 is 0 Å². The summed E-state index contributed by atoms with van der Waals surface area (Å²) in [4.78, 5) is 4.93. The van der Waals surface area contributed by atoms with Gasteiger partial charge in [0.2, 0.25) is 0 Å². The number of hydrogen-bond acceptors (Lipinski definition) is 1. The zero-order valence-electron chi connectivity index (χ0n) is 27.5. The first-order valence-corrected chi connectivity index (χ1v) is 18.3. The van der Waals surface area contributed by atoms with Crippen LogP contribution in [0.1, 0.15) is 225 Å². The second kappa shape index (κ2) is 27.4. The molecule has 0 spiro atoms. The Kier molecular flexibility index (Phi) is 25.4. The highest BCUT2D eigenvalue weighted by Gasteiger charge is 2.19. The van der Waals surface area contributed by atoms with Crippen LogP contribution in [-0.4, -0.2) is 9.55 Å². The van der Waals surface area contributed by atoms with E-state index in [2.05, 4.69) is 44.7 Å². The number of unbranched alkanes of at least 4 members (excludes halogenated alkanes) is 22. The van der Waals surface area contributed by atoms with E-state index in [1.807, 2.05) is 0 Å². The Hall–Kier alpha value is -0.790. The van der Waals surface area contributed by atoms with Gasteiger partial charge < -0.3 is 4.57 Å². The van der Waals surface area contributed by atoms with Crippen LogP contribution in [0.3, 0.4) is 0 Å². The summed E-state index contributed by atoms with van der Waals surface area (Å²) >= 11 is 0. The molecule has 0 amide bonds. The van der Waals surface area contributed by atoms with Crippen molar-refractivity contribution < 1.29 is 0 Å². The van der Waals surface area contributed by atoms with Gasteiger partial charge in [0.05, 0.1) is 0 Å². The molecule has 0 saturated carbocycles. The van der Waals surface area contributed by atoms with Crippen LogP contribution in [0.5, 0.6) is 0 Å². The fourth-order valence-electron chi connectivity index (χ4n) is 6.34.